The highest BCUT2D eigenvalue weighted by Gasteiger charge is 2.21. The van der Waals surface area contributed by atoms with Gasteiger partial charge in [-0.15, -0.1) is 0 Å². The maximum atomic E-state index is 9.06. The highest BCUT2D eigenvalue weighted by Crippen LogP contribution is 2.27. The summed E-state index contributed by atoms with van der Waals surface area (Å²) in [6.07, 6.45) is 3.49. The molecule has 2 N–H and O–H groups in total. The van der Waals surface area contributed by atoms with Gasteiger partial charge in [-0.2, -0.15) is 0 Å². The lowest BCUT2D eigenvalue weighted by atomic mass is 10.1. The monoisotopic (exact) mass is 157 g/mol. The summed E-state index contributed by atoms with van der Waals surface area (Å²) in [5, 5.41) is 12.5. The fourth-order valence-electron chi connectivity index (χ4n) is 1.28. The van der Waals surface area contributed by atoms with Crippen LogP contribution in [-0.2, 0) is 0 Å². The van der Waals surface area contributed by atoms with E-state index in [9.17, 15) is 0 Å². The van der Waals surface area contributed by atoms with E-state index in [-0.39, 0.29) is 6.10 Å². The van der Waals surface area contributed by atoms with Gasteiger partial charge in [0.15, 0.2) is 0 Å². The molecule has 0 saturated heterocycles. The fourth-order valence-corrected chi connectivity index (χ4v) is 1.28. The summed E-state index contributed by atoms with van der Waals surface area (Å²) in [6, 6.07) is 0.468. The third-order valence-electron chi connectivity index (χ3n) is 2.15. The van der Waals surface area contributed by atoms with Gasteiger partial charge in [0.25, 0.3) is 0 Å². The van der Waals surface area contributed by atoms with Crippen molar-refractivity contribution in [2.24, 2.45) is 5.92 Å². The Morgan fingerprint density at radius 1 is 1.45 bits per heavy atom. The molecule has 11 heavy (non-hydrogen) atoms. The van der Waals surface area contributed by atoms with Crippen LogP contribution < -0.4 is 5.32 Å². The van der Waals surface area contributed by atoms with Gasteiger partial charge in [0.1, 0.15) is 0 Å². The minimum atomic E-state index is -0.170. The Hall–Kier alpha value is -0.0800. The number of rotatable bonds is 5. The molecule has 1 fully saturated rings. The van der Waals surface area contributed by atoms with E-state index in [0.717, 1.165) is 18.9 Å². The van der Waals surface area contributed by atoms with Crippen LogP contribution in [0.5, 0.6) is 0 Å². The topological polar surface area (TPSA) is 32.3 Å². The summed E-state index contributed by atoms with van der Waals surface area (Å²) in [7, 11) is 0. The molecule has 0 amide bonds. The Morgan fingerprint density at radius 2 is 2.09 bits per heavy atom. The predicted molar refractivity (Wildman–Crippen MR) is 46.5 cm³/mol. The molecule has 1 aliphatic rings. The molecule has 1 aliphatic carbocycles. The predicted octanol–water partition coefficient (Wildman–Crippen LogP) is 1.15. The van der Waals surface area contributed by atoms with Crippen molar-refractivity contribution in [3.63, 3.8) is 0 Å². The minimum Gasteiger partial charge on any atom is -0.393 e. The second kappa shape index (κ2) is 4.07. The van der Waals surface area contributed by atoms with Gasteiger partial charge in [0.2, 0.25) is 0 Å². The zero-order valence-corrected chi connectivity index (χ0v) is 7.51. The van der Waals surface area contributed by atoms with Gasteiger partial charge < -0.3 is 10.4 Å². The standard InChI is InChI=1S/C9H19NO/c1-7(5-8(2)11)10-6-9-3-4-9/h7-11H,3-6H2,1-2H3. The van der Waals surface area contributed by atoms with Crippen LogP contribution in [0, 0.1) is 5.92 Å². The van der Waals surface area contributed by atoms with Gasteiger partial charge >= 0.3 is 0 Å². The molecule has 1 rings (SSSR count). The smallest absolute Gasteiger partial charge is 0.0526 e. The third kappa shape index (κ3) is 4.38. The molecule has 0 aromatic carbocycles. The molecule has 2 nitrogen and oxygen atoms in total. The molecule has 2 unspecified atom stereocenters. The van der Waals surface area contributed by atoms with E-state index >= 15 is 0 Å². The van der Waals surface area contributed by atoms with Crippen LogP contribution in [0.3, 0.4) is 0 Å². The summed E-state index contributed by atoms with van der Waals surface area (Å²) in [4.78, 5) is 0. The highest BCUT2D eigenvalue weighted by molar-refractivity contribution is 4.77. The molecule has 0 spiro atoms. The van der Waals surface area contributed by atoms with Crippen molar-refractivity contribution in [1.29, 1.82) is 0 Å². The van der Waals surface area contributed by atoms with Crippen LogP contribution in [0.1, 0.15) is 33.1 Å². The van der Waals surface area contributed by atoms with Crippen molar-refractivity contribution in [2.75, 3.05) is 6.54 Å². The van der Waals surface area contributed by atoms with Gasteiger partial charge in [0.05, 0.1) is 6.10 Å². The van der Waals surface area contributed by atoms with Crippen LogP contribution >= 0.6 is 0 Å². The average molecular weight is 157 g/mol. The van der Waals surface area contributed by atoms with Crippen LogP contribution in [0.2, 0.25) is 0 Å². The van der Waals surface area contributed by atoms with Gasteiger partial charge in [-0.1, -0.05) is 0 Å². The first-order chi connectivity index (χ1) is 5.18. The second-order valence-corrected chi connectivity index (χ2v) is 3.84. The van der Waals surface area contributed by atoms with Crippen molar-refractivity contribution >= 4 is 0 Å². The molecule has 2 atom stereocenters. The lowest BCUT2D eigenvalue weighted by Gasteiger charge is -2.14. The molecule has 66 valence electrons. The van der Waals surface area contributed by atoms with Crippen LogP contribution in [0.25, 0.3) is 0 Å². The van der Waals surface area contributed by atoms with E-state index < -0.39 is 0 Å². The van der Waals surface area contributed by atoms with E-state index in [1.54, 1.807) is 0 Å². The molecule has 0 bridgehead atoms. The summed E-state index contributed by atoms with van der Waals surface area (Å²) in [5.41, 5.74) is 0. The first-order valence-electron chi connectivity index (χ1n) is 4.60. The summed E-state index contributed by atoms with van der Waals surface area (Å²) in [6.45, 7) is 5.12. The third-order valence-corrected chi connectivity index (χ3v) is 2.15. The number of aliphatic hydroxyl groups is 1. The molecular formula is C9H19NO. The lowest BCUT2D eigenvalue weighted by molar-refractivity contribution is 0.170. The van der Waals surface area contributed by atoms with Crippen molar-refractivity contribution in [1.82, 2.24) is 5.32 Å². The molecule has 2 heteroatoms. The quantitative estimate of drug-likeness (QED) is 0.627. The average Bonchev–Trinajstić information content (AvgIpc) is 2.63. The Kier molecular flexibility index (Phi) is 3.34. The van der Waals surface area contributed by atoms with Crippen LogP contribution in [0.4, 0.5) is 0 Å². The van der Waals surface area contributed by atoms with Crippen molar-refractivity contribution < 1.29 is 5.11 Å². The maximum absolute atomic E-state index is 9.06. The minimum absolute atomic E-state index is 0.170. The largest absolute Gasteiger partial charge is 0.393 e. The van der Waals surface area contributed by atoms with Crippen molar-refractivity contribution in [3.8, 4) is 0 Å². The Balaban J connectivity index is 1.95. The second-order valence-electron chi connectivity index (χ2n) is 3.84. The molecule has 0 radical (unpaired) electrons. The SMILES string of the molecule is CC(O)CC(C)NCC1CC1. The van der Waals surface area contributed by atoms with Gasteiger partial charge in [-0.25, -0.2) is 0 Å². The maximum Gasteiger partial charge on any atom is 0.0526 e. The first kappa shape index (κ1) is 9.01. The van der Waals surface area contributed by atoms with E-state index in [0.29, 0.717) is 6.04 Å². The molecule has 0 aromatic rings. The van der Waals surface area contributed by atoms with E-state index in [1.807, 2.05) is 6.92 Å². The molecule has 0 aromatic heterocycles. The van der Waals surface area contributed by atoms with E-state index in [2.05, 4.69) is 12.2 Å². The number of aliphatic hydroxyl groups excluding tert-OH is 1. The molecule has 0 heterocycles. The van der Waals surface area contributed by atoms with E-state index in [1.165, 1.54) is 12.8 Å². The van der Waals surface area contributed by atoms with Gasteiger partial charge in [0, 0.05) is 6.04 Å². The Labute approximate surface area is 69.0 Å². The number of hydrogen-bond donors (Lipinski definition) is 2. The van der Waals surface area contributed by atoms with Crippen molar-refractivity contribution in [2.45, 2.75) is 45.3 Å². The first-order valence-corrected chi connectivity index (χ1v) is 4.60. The van der Waals surface area contributed by atoms with Crippen molar-refractivity contribution in [3.05, 3.63) is 0 Å². The zero-order chi connectivity index (χ0) is 8.27. The number of hydrogen-bond acceptors (Lipinski definition) is 2. The molecule has 1 saturated carbocycles. The summed E-state index contributed by atoms with van der Waals surface area (Å²) < 4.78 is 0. The fraction of sp³-hybridized carbons (Fsp3) is 1.00. The molecule has 0 aliphatic heterocycles. The number of nitrogens with one attached hydrogen (secondary N) is 1. The normalized spacial score (nSPS) is 23.2. The van der Waals surface area contributed by atoms with Crippen LogP contribution in [0.15, 0.2) is 0 Å². The van der Waals surface area contributed by atoms with Gasteiger partial charge in [-0.05, 0) is 45.6 Å². The zero-order valence-electron chi connectivity index (χ0n) is 7.51. The van der Waals surface area contributed by atoms with Gasteiger partial charge in [-0.3, -0.25) is 0 Å². The highest BCUT2D eigenvalue weighted by atomic mass is 16.3. The molecular weight excluding hydrogens is 138 g/mol. The Bertz CT molecular complexity index is 110. The van der Waals surface area contributed by atoms with E-state index in [4.69, 9.17) is 5.11 Å². The lowest BCUT2D eigenvalue weighted by Crippen LogP contribution is -2.30. The Morgan fingerprint density at radius 3 is 2.55 bits per heavy atom. The van der Waals surface area contributed by atoms with Crippen LogP contribution in [-0.4, -0.2) is 23.8 Å². The summed E-state index contributed by atoms with van der Waals surface area (Å²) >= 11 is 0. The summed E-state index contributed by atoms with van der Waals surface area (Å²) in [5.74, 6) is 0.937.